The molecule has 0 spiro atoms. The minimum atomic E-state index is -0.576. The van der Waals surface area contributed by atoms with Crippen LogP contribution in [0.5, 0.6) is 0 Å². The summed E-state index contributed by atoms with van der Waals surface area (Å²) in [6.45, 7) is 2.16. The fourth-order valence-electron chi connectivity index (χ4n) is 2.03. The molecule has 104 valence electrons. The summed E-state index contributed by atoms with van der Waals surface area (Å²) >= 11 is 0. The molecule has 0 unspecified atom stereocenters. The molecule has 19 heavy (non-hydrogen) atoms. The van der Waals surface area contributed by atoms with E-state index in [1.165, 1.54) is 25.0 Å². The van der Waals surface area contributed by atoms with Gasteiger partial charge < -0.3 is 10.2 Å². The third-order valence-electron chi connectivity index (χ3n) is 3.29. The summed E-state index contributed by atoms with van der Waals surface area (Å²) in [5.74, 6) is -0.568. The van der Waals surface area contributed by atoms with E-state index in [1.54, 1.807) is 0 Å². The average Bonchev–Trinajstić information content (AvgIpc) is 3.17. The fourth-order valence-corrected chi connectivity index (χ4v) is 2.03. The van der Waals surface area contributed by atoms with Crippen molar-refractivity contribution in [3.05, 3.63) is 39.7 Å². The van der Waals surface area contributed by atoms with Gasteiger partial charge in [0.05, 0.1) is 11.0 Å². The number of rotatable bonds is 7. The number of nitrogens with one attached hydrogen (secondary N) is 1. The third-order valence-corrected chi connectivity index (χ3v) is 3.29. The van der Waals surface area contributed by atoms with E-state index in [0.29, 0.717) is 12.1 Å². The lowest BCUT2D eigenvalue weighted by Crippen LogP contribution is -2.30. The number of nitro benzene ring substituents is 1. The summed E-state index contributed by atoms with van der Waals surface area (Å²) in [5.41, 5.74) is 0.396. The molecule has 1 aliphatic rings. The van der Waals surface area contributed by atoms with E-state index in [2.05, 4.69) is 17.3 Å². The van der Waals surface area contributed by atoms with Crippen LogP contribution in [0.3, 0.4) is 0 Å². The van der Waals surface area contributed by atoms with Crippen LogP contribution in [-0.4, -0.2) is 36.0 Å². The van der Waals surface area contributed by atoms with Crippen LogP contribution < -0.4 is 5.32 Å². The molecular formula is C13H18FN3O2. The Labute approximate surface area is 111 Å². The van der Waals surface area contributed by atoms with Gasteiger partial charge in [-0.05, 0) is 31.5 Å². The molecule has 5 nitrogen and oxygen atoms in total. The van der Waals surface area contributed by atoms with E-state index < -0.39 is 10.7 Å². The Bertz CT molecular complexity index is 463. The number of halogens is 1. The second kappa shape index (κ2) is 6.08. The Morgan fingerprint density at radius 1 is 1.47 bits per heavy atom. The lowest BCUT2D eigenvalue weighted by molar-refractivity contribution is -0.385. The van der Waals surface area contributed by atoms with Gasteiger partial charge >= 0.3 is 0 Å². The van der Waals surface area contributed by atoms with Crippen molar-refractivity contribution in [1.29, 1.82) is 0 Å². The van der Waals surface area contributed by atoms with Crippen molar-refractivity contribution in [3.8, 4) is 0 Å². The molecule has 0 amide bonds. The molecule has 1 aliphatic carbocycles. The van der Waals surface area contributed by atoms with E-state index >= 15 is 0 Å². The summed E-state index contributed by atoms with van der Waals surface area (Å²) in [6, 6.07) is 4.38. The normalized spacial score (nSPS) is 14.9. The van der Waals surface area contributed by atoms with Gasteiger partial charge in [0.15, 0.2) is 0 Å². The predicted molar refractivity (Wildman–Crippen MR) is 70.4 cm³/mol. The van der Waals surface area contributed by atoms with E-state index in [-0.39, 0.29) is 5.69 Å². The highest BCUT2D eigenvalue weighted by molar-refractivity contribution is 5.35. The molecule has 1 fully saturated rings. The number of non-ortho nitro benzene ring substituents is 1. The second-order valence-electron chi connectivity index (χ2n) is 4.96. The van der Waals surface area contributed by atoms with Crippen molar-refractivity contribution in [2.24, 2.45) is 0 Å². The number of nitro groups is 1. The topological polar surface area (TPSA) is 58.4 Å². The van der Waals surface area contributed by atoms with Gasteiger partial charge in [0, 0.05) is 31.7 Å². The first-order valence-electron chi connectivity index (χ1n) is 6.41. The zero-order valence-electron chi connectivity index (χ0n) is 10.9. The van der Waals surface area contributed by atoms with Crippen LogP contribution in [0.1, 0.15) is 18.4 Å². The molecule has 1 aromatic rings. The SMILES string of the molecule is CN(CCNCc1cc(F)cc([N+](=O)[O-])c1)C1CC1. The first-order valence-corrected chi connectivity index (χ1v) is 6.41. The molecule has 2 rings (SSSR count). The second-order valence-corrected chi connectivity index (χ2v) is 4.96. The van der Waals surface area contributed by atoms with Gasteiger partial charge in [0.1, 0.15) is 5.82 Å². The molecule has 0 bridgehead atoms. The van der Waals surface area contributed by atoms with Crippen molar-refractivity contribution >= 4 is 5.69 Å². The van der Waals surface area contributed by atoms with Crippen molar-refractivity contribution in [2.75, 3.05) is 20.1 Å². The molecule has 0 aromatic heterocycles. The van der Waals surface area contributed by atoms with Gasteiger partial charge in [-0.15, -0.1) is 0 Å². The highest BCUT2D eigenvalue weighted by Crippen LogP contribution is 2.24. The standard InChI is InChI=1S/C13H18FN3O2/c1-16(12-2-3-12)5-4-15-9-10-6-11(14)8-13(7-10)17(18)19/h6-8,12,15H,2-5,9H2,1H3. The van der Waals surface area contributed by atoms with Gasteiger partial charge in [0.2, 0.25) is 0 Å². The van der Waals surface area contributed by atoms with Crippen molar-refractivity contribution < 1.29 is 9.31 Å². The first kappa shape index (κ1) is 13.9. The van der Waals surface area contributed by atoms with Crippen LogP contribution >= 0.6 is 0 Å². The van der Waals surface area contributed by atoms with E-state index in [0.717, 1.165) is 25.2 Å². The van der Waals surface area contributed by atoms with E-state index in [1.807, 2.05) is 0 Å². The molecule has 0 radical (unpaired) electrons. The minimum Gasteiger partial charge on any atom is -0.311 e. The maximum atomic E-state index is 13.2. The average molecular weight is 267 g/mol. The van der Waals surface area contributed by atoms with Gasteiger partial charge in [-0.1, -0.05) is 0 Å². The number of hydrogen-bond donors (Lipinski definition) is 1. The maximum absolute atomic E-state index is 13.2. The Morgan fingerprint density at radius 2 is 2.21 bits per heavy atom. The van der Waals surface area contributed by atoms with Crippen molar-refractivity contribution in [2.45, 2.75) is 25.4 Å². The van der Waals surface area contributed by atoms with Crippen LogP contribution in [0, 0.1) is 15.9 Å². The monoisotopic (exact) mass is 267 g/mol. The number of hydrogen-bond acceptors (Lipinski definition) is 4. The Morgan fingerprint density at radius 3 is 2.84 bits per heavy atom. The molecule has 0 aliphatic heterocycles. The van der Waals surface area contributed by atoms with Crippen molar-refractivity contribution in [3.63, 3.8) is 0 Å². The zero-order valence-corrected chi connectivity index (χ0v) is 10.9. The largest absolute Gasteiger partial charge is 0.311 e. The van der Waals surface area contributed by atoms with E-state index in [9.17, 15) is 14.5 Å². The van der Waals surface area contributed by atoms with Gasteiger partial charge in [-0.3, -0.25) is 10.1 Å². The van der Waals surface area contributed by atoms with Crippen LogP contribution in [0.4, 0.5) is 10.1 Å². The molecule has 6 heteroatoms. The van der Waals surface area contributed by atoms with Crippen LogP contribution in [0.15, 0.2) is 18.2 Å². The lowest BCUT2D eigenvalue weighted by Gasteiger charge is -2.15. The number of likely N-dealkylation sites (N-methyl/N-ethyl adjacent to an activating group) is 1. The Kier molecular flexibility index (Phi) is 4.44. The Hall–Kier alpha value is -1.53. The zero-order chi connectivity index (χ0) is 13.8. The van der Waals surface area contributed by atoms with Gasteiger partial charge in [0.25, 0.3) is 5.69 Å². The summed E-state index contributed by atoms with van der Waals surface area (Å²) in [7, 11) is 2.09. The molecule has 1 saturated carbocycles. The van der Waals surface area contributed by atoms with Crippen molar-refractivity contribution in [1.82, 2.24) is 10.2 Å². The fraction of sp³-hybridized carbons (Fsp3) is 0.538. The summed E-state index contributed by atoms with van der Waals surface area (Å²) in [6.07, 6.45) is 2.54. The van der Waals surface area contributed by atoms with Crippen LogP contribution in [0.2, 0.25) is 0 Å². The smallest absolute Gasteiger partial charge is 0.272 e. The van der Waals surface area contributed by atoms with Crippen LogP contribution in [0.25, 0.3) is 0 Å². The molecule has 1 N–H and O–H groups in total. The quantitative estimate of drug-likeness (QED) is 0.466. The Balaban J connectivity index is 1.80. The first-order chi connectivity index (χ1) is 9.06. The molecular weight excluding hydrogens is 249 g/mol. The van der Waals surface area contributed by atoms with Gasteiger partial charge in [-0.25, -0.2) is 4.39 Å². The highest BCUT2D eigenvalue weighted by atomic mass is 19.1. The molecule has 1 aromatic carbocycles. The third kappa shape index (κ3) is 4.25. The summed E-state index contributed by atoms with van der Waals surface area (Å²) in [4.78, 5) is 12.3. The highest BCUT2D eigenvalue weighted by Gasteiger charge is 2.25. The van der Waals surface area contributed by atoms with Gasteiger partial charge in [-0.2, -0.15) is 0 Å². The lowest BCUT2D eigenvalue weighted by atomic mass is 10.2. The summed E-state index contributed by atoms with van der Waals surface area (Å²) in [5, 5.41) is 13.8. The maximum Gasteiger partial charge on any atom is 0.272 e. The minimum absolute atomic E-state index is 0.202. The number of nitrogens with zero attached hydrogens (tertiary/aromatic N) is 2. The molecule has 0 saturated heterocycles. The predicted octanol–water partition coefficient (Wildman–Crippen LogP) is 1.92. The number of benzene rings is 1. The summed E-state index contributed by atoms with van der Waals surface area (Å²) < 4.78 is 13.2. The molecule has 0 atom stereocenters. The van der Waals surface area contributed by atoms with Crippen LogP contribution in [-0.2, 0) is 6.54 Å². The molecule has 0 heterocycles. The van der Waals surface area contributed by atoms with E-state index in [4.69, 9.17) is 0 Å².